The van der Waals surface area contributed by atoms with Gasteiger partial charge >= 0.3 is 6.03 Å². The Morgan fingerprint density at radius 2 is 2.43 bits per heavy atom. The molecule has 116 valence electrons. The first-order valence-electron chi connectivity index (χ1n) is 7.47. The number of hydrogen-bond acceptors (Lipinski definition) is 4. The molecule has 2 aliphatic rings. The van der Waals surface area contributed by atoms with Gasteiger partial charge in [0.2, 0.25) is 0 Å². The van der Waals surface area contributed by atoms with E-state index in [9.17, 15) is 4.79 Å². The first-order chi connectivity index (χ1) is 10.2. The van der Waals surface area contributed by atoms with Gasteiger partial charge in [-0.25, -0.2) is 4.79 Å². The molecule has 2 amide bonds. The third kappa shape index (κ3) is 3.93. The van der Waals surface area contributed by atoms with E-state index in [2.05, 4.69) is 29.7 Å². The molecule has 2 aliphatic heterocycles. The summed E-state index contributed by atoms with van der Waals surface area (Å²) in [5.41, 5.74) is 0.0196. The van der Waals surface area contributed by atoms with Crippen molar-refractivity contribution >= 4 is 29.1 Å². The van der Waals surface area contributed by atoms with Crippen molar-refractivity contribution < 1.29 is 9.53 Å². The van der Waals surface area contributed by atoms with Crippen molar-refractivity contribution in [3.63, 3.8) is 0 Å². The fourth-order valence-electron chi connectivity index (χ4n) is 3.00. The molecule has 0 aromatic carbocycles. The molecule has 0 saturated carbocycles. The summed E-state index contributed by atoms with van der Waals surface area (Å²) in [5, 5.41) is 6.07. The van der Waals surface area contributed by atoms with Crippen LogP contribution in [0.5, 0.6) is 0 Å². The van der Waals surface area contributed by atoms with Crippen LogP contribution in [0.4, 0.5) is 4.79 Å². The summed E-state index contributed by atoms with van der Waals surface area (Å²) in [4.78, 5) is 14.5. The molecule has 3 heterocycles. The number of urea groups is 1. The van der Waals surface area contributed by atoms with E-state index < -0.39 is 0 Å². The number of aryl methyl sites for hydroxylation is 1. The van der Waals surface area contributed by atoms with E-state index in [1.54, 1.807) is 11.3 Å². The molecule has 3 rings (SSSR count). The Kier molecular flexibility index (Phi) is 4.76. The zero-order chi connectivity index (χ0) is 14.7. The topological polar surface area (TPSA) is 50.4 Å². The molecule has 0 aliphatic carbocycles. The van der Waals surface area contributed by atoms with Gasteiger partial charge in [0.15, 0.2) is 0 Å². The van der Waals surface area contributed by atoms with Crippen molar-refractivity contribution in [1.29, 1.82) is 0 Å². The molecule has 1 spiro atoms. The van der Waals surface area contributed by atoms with E-state index >= 15 is 0 Å². The highest BCUT2D eigenvalue weighted by Gasteiger charge is 2.40. The van der Waals surface area contributed by atoms with Gasteiger partial charge in [-0.3, -0.25) is 0 Å². The predicted molar refractivity (Wildman–Crippen MR) is 88.1 cm³/mol. The van der Waals surface area contributed by atoms with Gasteiger partial charge in [0.25, 0.3) is 0 Å². The molecular weight excluding hydrogens is 304 g/mol. The van der Waals surface area contributed by atoms with Crippen molar-refractivity contribution in [2.24, 2.45) is 0 Å². The molecule has 2 saturated heterocycles. The zero-order valence-corrected chi connectivity index (χ0v) is 13.9. The number of ether oxygens (including phenoxy) is 1. The average Bonchev–Trinajstić information content (AvgIpc) is 3.06. The molecule has 4 nitrogen and oxygen atoms in total. The van der Waals surface area contributed by atoms with Crippen LogP contribution in [0.3, 0.4) is 0 Å². The van der Waals surface area contributed by atoms with Gasteiger partial charge in [-0.1, -0.05) is 0 Å². The van der Waals surface area contributed by atoms with Crippen molar-refractivity contribution in [2.45, 2.75) is 44.4 Å². The number of nitrogens with one attached hydrogen (secondary N) is 2. The van der Waals surface area contributed by atoms with Crippen LogP contribution in [-0.2, 0) is 11.3 Å². The highest BCUT2D eigenvalue weighted by molar-refractivity contribution is 7.99. The van der Waals surface area contributed by atoms with E-state index in [1.165, 1.54) is 15.5 Å². The molecule has 2 atom stereocenters. The number of thiophene rings is 1. The Morgan fingerprint density at radius 1 is 1.52 bits per heavy atom. The standard InChI is InChI=1S/C15H22N2O2S2/c1-11-2-3-13(21-11)9-16-14(18)17-12-4-6-19-15(8-12)5-7-20-10-15/h2-3,12H,4-10H2,1H3,(H2,16,17,18)/t12-,15+/m0/s1. The number of hydrogen-bond donors (Lipinski definition) is 2. The largest absolute Gasteiger partial charge is 0.374 e. The molecule has 0 unspecified atom stereocenters. The maximum Gasteiger partial charge on any atom is 0.315 e. The minimum absolute atomic E-state index is 0.0196. The van der Waals surface area contributed by atoms with Gasteiger partial charge < -0.3 is 15.4 Å². The van der Waals surface area contributed by atoms with E-state index in [-0.39, 0.29) is 17.7 Å². The number of thioether (sulfide) groups is 1. The third-order valence-corrected chi connectivity index (χ3v) is 6.34. The Hall–Kier alpha value is -0.720. The van der Waals surface area contributed by atoms with Crippen LogP contribution in [0, 0.1) is 6.92 Å². The lowest BCUT2D eigenvalue weighted by atomic mass is 9.90. The fraction of sp³-hybridized carbons (Fsp3) is 0.667. The van der Waals surface area contributed by atoms with Crippen LogP contribution in [0.1, 0.15) is 29.0 Å². The van der Waals surface area contributed by atoms with Crippen LogP contribution >= 0.6 is 23.1 Å². The van der Waals surface area contributed by atoms with Crippen LogP contribution in [0.15, 0.2) is 12.1 Å². The number of carbonyl (C=O) groups excluding carboxylic acids is 1. The average molecular weight is 326 g/mol. The van der Waals surface area contributed by atoms with E-state index in [0.29, 0.717) is 6.54 Å². The third-order valence-electron chi connectivity index (χ3n) is 4.11. The summed E-state index contributed by atoms with van der Waals surface area (Å²) in [6.07, 6.45) is 2.98. The van der Waals surface area contributed by atoms with Gasteiger partial charge in [-0.2, -0.15) is 11.8 Å². The van der Waals surface area contributed by atoms with Crippen molar-refractivity contribution in [3.05, 3.63) is 21.9 Å². The second-order valence-corrected chi connectivity index (χ2v) is 8.34. The summed E-state index contributed by atoms with van der Waals surface area (Å²) in [5.74, 6) is 2.25. The summed E-state index contributed by atoms with van der Waals surface area (Å²) < 4.78 is 5.98. The minimum atomic E-state index is -0.0613. The molecule has 1 aromatic rings. The Labute approximate surface area is 134 Å². The predicted octanol–water partition coefficient (Wildman–Crippen LogP) is 2.91. The second kappa shape index (κ2) is 6.58. The Morgan fingerprint density at radius 3 is 3.14 bits per heavy atom. The Bertz CT molecular complexity index is 498. The molecule has 0 bridgehead atoms. The highest BCUT2D eigenvalue weighted by atomic mass is 32.2. The Balaban J connectivity index is 1.46. The van der Waals surface area contributed by atoms with Gasteiger partial charge in [-0.05, 0) is 44.1 Å². The fourth-order valence-corrected chi connectivity index (χ4v) is 5.21. The SMILES string of the molecule is Cc1ccc(CNC(=O)N[C@H]2CCO[C@]3(CCSC3)C2)s1. The molecule has 1 aromatic heterocycles. The summed E-state index contributed by atoms with van der Waals surface area (Å²) in [6.45, 7) is 3.44. The van der Waals surface area contributed by atoms with Crippen LogP contribution < -0.4 is 10.6 Å². The summed E-state index contributed by atoms with van der Waals surface area (Å²) >= 11 is 3.68. The van der Waals surface area contributed by atoms with Gasteiger partial charge in [0.1, 0.15) is 0 Å². The van der Waals surface area contributed by atoms with E-state index in [1.807, 2.05) is 11.8 Å². The van der Waals surface area contributed by atoms with Crippen molar-refractivity contribution in [1.82, 2.24) is 10.6 Å². The molecule has 2 fully saturated rings. The lowest BCUT2D eigenvalue weighted by Gasteiger charge is -2.37. The van der Waals surface area contributed by atoms with Crippen LogP contribution in [0.25, 0.3) is 0 Å². The maximum absolute atomic E-state index is 12.0. The van der Waals surface area contributed by atoms with Gasteiger partial charge in [-0.15, -0.1) is 11.3 Å². The van der Waals surface area contributed by atoms with E-state index in [0.717, 1.165) is 31.6 Å². The molecule has 2 N–H and O–H groups in total. The summed E-state index contributed by atoms with van der Waals surface area (Å²) in [6, 6.07) is 4.33. The highest BCUT2D eigenvalue weighted by Crippen LogP contribution is 2.38. The number of amides is 2. The molecule has 6 heteroatoms. The zero-order valence-electron chi connectivity index (χ0n) is 12.3. The first kappa shape index (κ1) is 15.2. The normalized spacial score (nSPS) is 28.7. The van der Waals surface area contributed by atoms with Crippen LogP contribution in [0.2, 0.25) is 0 Å². The van der Waals surface area contributed by atoms with Crippen molar-refractivity contribution in [3.8, 4) is 0 Å². The lowest BCUT2D eigenvalue weighted by molar-refractivity contribution is -0.0684. The smallest absolute Gasteiger partial charge is 0.315 e. The monoisotopic (exact) mass is 326 g/mol. The van der Waals surface area contributed by atoms with Gasteiger partial charge in [0.05, 0.1) is 12.1 Å². The molecule has 0 radical (unpaired) electrons. The van der Waals surface area contributed by atoms with Crippen LogP contribution in [-0.4, -0.2) is 35.8 Å². The number of rotatable bonds is 3. The summed E-state index contributed by atoms with van der Waals surface area (Å²) in [7, 11) is 0. The lowest BCUT2D eigenvalue weighted by Crippen LogP contribution is -2.50. The second-order valence-electron chi connectivity index (χ2n) is 5.86. The van der Waals surface area contributed by atoms with E-state index in [4.69, 9.17) is 4.74 Å². The molecule has 21 heavy (non-hydrogen) atoms. The quantitative estimate of drug-likeness (QED) is 0.898. The first-order valence-corrected chi connectivity index (χ1v) is 9.44. The minimum Gasteiger partial charge on any atom is -0.374 e. The van der Waals surface area contributed by atoms with Gasteiger partial charge in [0, 0.05) is 28.2 Å². The van der Waals surface area contributed by atoms with Crippen molar-refractivity contribution in [2.75, 3.05) is 18.1 Å². The maximum atomic E-state index is 12.0. The number of carbonyl (C=O) groups is 1. The molecular formula is C15H22N2O2S2.